The Kier molecular flexibility index (Phi) is 4.94. The monoisotopic (exact) mass is 433 g/mol. The maximum absolute atomic E-state index is 13.3. The number of carbonyl (C=O) groups is 1. The molecule has 1 aliphatic carbocycles. The Morgan fingerprint density at radius 2 is 1.94 bits per heavy atom. The molecular formula is C23H23N5O2S. The highest BCUT2D eigenvalue weighted by Gasteiger charge is 2.25. The van der Waals surface area contributed by atoms with Crippen LogP contribution < -0.4 is 16.2 Å². The van der Waals surface area contributed by atoms with E-state index in [2.05, 4.69) is 21.9 Å². The van der Waals surface area contributed by atoms with Crippen molar-refractivity contribution in [3.8, 4) is 0 Å². The first-order valence-electron chi connectivity index (χ1n) is 10.5. The fourth-order valence-corrected chi connectivity index (χ4v) is 5.39. The summed E-state index contributed by atoms with van der Waals surface area (Å²) in [5.74, 6) is -0.389. The van der Waals surface area contributed by atoms with Crippen molar-refractivity contribution < 1.29 is 4.79 Å². The number of fused-ring (bicyclic) bond motifs is 3. The van der Waals surface area contributed by atoms with Crippen molar-refractivity contribution in [3.63, 3.8) is 0 Å². The molecule has 8 heteroatoms. The summed E-state index contributed by atoms with van der Waals surface area (Å²) in [6.45, 7) is 0. The second-order valence-corrected chi connectivity index (χ2v) is 9.03. The van der Waals surface area contributed by atoms with E-state index in [-0.39, 0.29) is 5.91 Å². The van der Waals surface area contributed by atoms with Gasteiger partial charge in [-0.05, 0) is 31.0 Å². The molecule has 0 bridgehead atoms. The molecule has 0 unspecified atom stereocenters. The van der Waals surface area contributed by atoms with Crippen LogP contribution >= 0.6 is 11.3 Å². The lowest BCUT2D eigenvalue weighted by Gasteiger charge is -2.33. The van der Waals surface area contributed by atoms with Gasteiger partial charge in [0.1, 0.15) is 5.52 Å². The minimum absolute atomic E-state index is 0.389. The molecule has 31 heavy (non-hydrogen) atoms. The van der Waals surface area contributed by atoms with Gasteiger partial charge in [-0.15, -0.1) is 0 Å². The van der Waals surface area contributed by atoms with Crippen LogP contribution in [0.15, 0.2) is 47.4 Å². The van der Waals surface area contributed by atoms with Crippen LogP contribution in [0.4, 0.5) is 10.8 Å². The number of rotatable bonds is 3. The van der Waals surface area contributed by atoms with Crippen LogP contribution in [-0.2, 0) is 0 Å². The summed E-state index contributed by atoms with van der Waals surface area (Å²) >= 11 is 1.28. The minimum Gasteiger partial charge on any atom is -0.375 e. The molecule has 2 N–H and O–H groups in total. The molecule has 0 spiro atoms. The molecule has 1 saturated carbocycles. The van der Waals surface area contributed by atoms with E-state index in [0.29, 0.717) is 38.0 Å². The van der Waals surface area contributed by atoms with Crippen LogP contribution in [0.3, 0.4) is 0 Å². The molecular weight excluding hydrogens is 410 g/mol. The van der Waals surface area contributed by atoms with E-state index in [1.807, 2.05) is 12.1 Å². The summed E-state index contributed by atoms with van der Waals surface area (Å²) in [5, 5.41) is 0.399. The summed E-state index contributed by atoms with van der Waals surface area (Å²) in [6, 6.07) is 11.1. The number of hydrogen-bond donors (Lipinski definition) is 1. The standard InChI is InChI=1S/C23H23N5O2S/c1-27(15-10-6-3-7-11-15)17-12-16-20(21-19(17)26-23(24)31-21)28(18(29)13-25-16)22(30)14-8-4-2-5-9-14/h2,4-5,8-9,12-13,15H,3,6-7,10-11H2,1H3,(H2,24,26). The number of benzene rings is 2. The highest BCUT2D eigenvalue weighted by Crippen LogP contribution is 2.39. The van der Waals surface area contributed by atoms with Crippen molar-refractivity contribution in [2.24, 2.45) is 0 Å². The van der Waals surface area contributed by atoms with Crippen molar-refractivity contribution in [2.45, 2.75) is 38.1 Å². The summed E-state index contributed by atoms with van der Waals surface area (Å²) in [4.78, 5) is 37.3. The third-order valence-corrected chi connectivity index (χ3v) is 6.99. The maximum Gasteiger partial charge on any atom is 0.276 e. The number of nitrogens with two attached hydrogens (primary N) is 1. The predicted octanol–water partition coefficient (Wildman–Crippen LogP) is 4.05. The van der Waals surface area contributed by atoms with E-state index in [1.54, 1.807) is 24.3 Å². The lowest BCUT2D eigenvalue weighted by Crippen LogP contribution is -2.33. The van der Waals surface area contributed by atoms with Gasteiger partial charge >= 0.3 is 0 Å². The van der Waals surface area contributed by atoms with E-state index >= 15 is 0 Å². The lowest BCUT2D eigenvalue weighted by molar-refractivity contribution is 0.0961. The molecule has 4 aromatic rings. The third kappa shape index (κ3) is 3.37. The molecule has 0 amide bonds. The summed E-state index contributed by atoms with van der Waals surface area (Å²) in [6.07, 6.45) is 7.19. The molecule has 1 fully saturated rings. The first kappa shape index (κ1) is 19.7. The number of aromatic nitrogens is 3. The number of hydrogen-bond acceptors (Lipinski definition) is 7. The zero-order chi connectivity index (χ0) is 21.5. The molecule has 2 heterocycles. The Bertz CT molecular complexity index is 1340. The topological polar surface area (TPSA) is 94.1 Å². The van der Waals surface area contributed by atoms with Gasteiger partial charge in [-0.1, -0.05) is 48.8 Å². The van der Waals surface area contributed by atoms with E-state index < -0.39 is 5.56 Å². The molecule has 0 atom stereocenters. The normalized spacial score (nSPS) is 14.9. The predicted molar refractivity (Wildman–Crippen MR) is 125 cm³/mol. The maximum atomic E-state index is 13.3. The van der Waals surface area contributed by atoms with Crippen LogP contribution in [0.25, 0.3) is 21.3 Å². The van der Waals surface area contributed by atoms with E-state index in [1.165, 1.54) is 41.4 Å². The lowest BCUT2D eigenvalue weighted by atomic mass is 9.94. The molecule has 2 aromatic heterocycles. The molecule has 7 nitrogen and oxygen atoms in total. The Hall–Kier alpha value is -3.26. The van der Waals surface area contributed by atoms with Crippen molar-refractivity contribution in [1.29, 1.82) is 0 Å². The van der Waals surface area contributed by atoms with Crippen LogP contribution in [0.1, 0.15) is 42.5 Å². The van der Waals surface area contributed by atoms with E-state index in [9.17, 15) is 9.59 Å². The number of anilines is 2. The zero-order valence-corrected chi connectivity index (χ0v) is 18.1. The molecule has 5 rings (SSSR count). The minimum atomic E-state index is -0.469. The van der Waals surface area contributed by atoms with Crippen LogP contribution in [0.2, 0.25) is 0 Å². The SMILES string of the molecule is CN(c1cc2ncc(=O)n(C(=O)c3ccccc3)c2c2sc(N)nc12)C1CCCCC1. The van der Waals surface area contributed by atoms with Crippen molar-refractivity contribution in [2.75, 3.05) is 17.7 Å². The van der Waals surface area contributed by atoms with Gasteiger partial charge in [0.25, 0.3) is 11.5 Å². The number of nitrogens with zero attached hydrogens (tertiary/aromatic N) is 4. The van der Waals surface area contributed by atoms with E-state index in [0.717, 1.165) is 18.5 Å². The average Bonchev–Trinajstić information content (AvgIpc) is 3.20. The Balaban J connectivity index is 1.76. The second kappa shape index (κ2) is 7.77. The van der Waals surface area contributed by atoms with Crippen LogP contribution in [0.5, 0.6) is 0 Å². The zero-order valence-electron chi connectivity index (χ0n) is 17.2. The van der Waals surface area contributed by atoms with Gasteiger partial charge in [-0.25, -0.2) is 14.5 Å². The molecule has 0 aliphatic heterocycles. The van der Waals surface area contributed by atoms with Gasteiger partial charge in [-0.2, -0.15) is 0 Å². The van der Waals surface area contributed by atoms with E-state index in [4.69, 9.17) is 5.73 Å². The third-order valence-electron chi connectivity index (χ3n) is 6.10. The van der Waals surface area contributed by atoms with Crippen molar-refractivity contribution in [3.05, 3.63) is 58.5 Å². The molecule has 158 valence electrons. The second-order valence-electron chi connectivity index (χ2n) is 8.00. The number of thiazole rings is 1. The van der Waals surface area contributed by atoms with Crippen LogP contribution in [-0.4, -0.2) is 33.5 Å². The molecule has 1 aliphatic rings. The quantitative estimate of drug-likeness (QED) is 0.524. The van der Waals surface area contributed by atoms with Gasteiger partial charge in [0.2, 0.25) is 0 Å². The largest absolute Gasteiger partial charge is 0.375 e. The fraction of sp³-hybridized carbons (Fsp3) is 0.304. The Labute approximate surface area is 183 Å². The number of nitrogen functional groups attached to an aromatic ring is 1. The summed E-state index contributed by atoms with van der Waals surface area (Å²) < 4.78 is 1.91. The Morgan fingerprint density at radius 3 is 2.68 bits per heavy atom. The van der Waals surface area contributed by atoms with Crippen molar-refractivity contribution >= 4 is 49.3 Å². The van der Waals surface area contributed by atoms with Gasteiger partial charge in [0.05, 0.1) is 27.6 Å². The number of carbonyl (C=O) groups excluding carboxylic acids is 1. The first-order valence-corrected chi connectivity index (χ1v) is 11.3. The summed E-state index contributed by atoms with van der Waals surface area (Å²) in [7, 11) is 2.08. The van der Waals surface area contributed by atoms with Gasteiger partial charge in [-0.3, -0.25) is 9.59 Å². The summed E-state index contributed by atoms with van der Waals surface area (Å²) in [5.41, 5.74) is 8.76. The molecule has 2 aromatic carbocycles. The molecule has 0 radical (unpaired) electrons. The highest BCUT2D eigenvalue weighted by atomic mass is 32.1. The highest BCUT2D eigenvalue weighted by molar-refractivity contribution is 7.23. The molecule has 0 saturated heterocycles. The average molecular weight is 434 g/mol. The van der Waals surface area contributed by atoms with Gasteiger partial charge < -0.3 is 10.6 Å². The fourth-order valence-electron chi connectivity index (χ4n) is 4.51. The van der Waals surface area contributed by atoms with Gasteiger partial charge in [0, 0.05) is 18.7 Å². The first-order chi connectivity index (χ1) is 15.0. The van der Waals surface area contributed by atoms with Crippen LogP contribution in [0, 0.1) is 0 Å². The smallest absolute Gasteiger partial charge is 0.276 e. The van der Waals surface area contributed by atoms with Gasteiger partial charge in [0.15, 0.2) is 5.13 Å². The van der Waals surface area contributed by atoms with Crippen molar-refractivity contribution in [1.82, 2.24) is 14.5 Å². The Morgan fingerprint density at radius 1 is 1.19 bits per heavy atom.